The average Bonchev–Trinajstić information content (AvgIpc) is 3.87. The number of benzene rings is 4. The van der Waals surface area contributed by atoms with Crippen LogP contribution in [0.25, 0.3) is 33.3 Å². The van der Waals surface area contributed by atoms with Crippen LogP contribution in [0.1, 0.15) is 12.8 Å². The van der Waals surface area contributed by atoms with Crippen LogP contribution in [0.2, 0.25) is 0 Å². The van der Waals surface area contributed by atoms with Crippen molar-refractivity contribution < 1.29 is 27.8 Å². The molecule has 4 aromatic carbocycles. The highest BCUT2D eigenvalue weighted by Gasteiger charge is 2.19. The quantitative estimate of drug-likeness (QED) is 0.0346. The zero-order valence-electron chi connectivity index (χ0n) is 43.1. The maximum Gasteiger partial charge on any atom is 0.239 e. The molecule has 18 nitrogen and oxygen atoms in total. The van der Waals surface area contributed by atoms with Crippen LogP contribution in [0.5, 0.6) is 23.0 Å². The predicted octanol–water partition coefficient (Wildman–Crippen LogP) is 11.1. The molecule has 79 heavy (non-hydrogen) atoms. The van der Waals surface area contributed by atoms with Crippen molar-refractivity contribution in [2.75, 3.05) is 73.3 Å². The molecule has 11 rings (SSSR count). The van der Waals surface area contributed by atoms with Gasteiger partial charge in [-0.1, -0.05) is 12.1 Å². The number of aryl methyl sites for hydroxylation is 1. The second-order valence-electron chi connectivity index (χ2n) is 18.1. The topological polar surface area (TPSA) is 215 Å². The largest absolute Gasteiger partial charge is 0.457 e. The molecular formula is C58H54F2N14O4S. The number of carbonyl (C=O) groups is 2. The first-order valence-electron chi connectivity index (χ1n) is 25.1. The van der Waals surface area contributed by atoms with E-state index in [-0.39, 0.29) is 23.3 Å². The number of isothiocyanates is 1. The molecule has 0 bridgehead atoms. The van der Waals surface area contributed by atoms with Gasteiger partial charge in [-0.05, 0) is 158 Å². The van der Waals surface area contributed by atoms with Gasteiger partial charge in [0.2, 0.25) is 17.8 Å². The van der Waals surface area contributed by atoms with Crippen molar-refractivity contribution in [3.63, 3.8) is 0 Å². The number of aromatic nitrogens is 6. The Morgan fingerprint density at radius 1 is 0.633 bits per heavy atom. The van der Waals surface area contributed by atoms with Crippen LogP contribution in [0, 0.1) is 11.6 Å². The zero-order chi connectivity index (χ0) is 55.1. The molecule has 0 unspecified atom stereocenters. The highest BCUT2D eigenvalue weighted by molar-refractivity contribution is 7.78. The highest BCUT2D eigenvalue weighted by atomic mass is 32.1. The molecule has 400 valence electrons. The van der Waals surface area contributed by atoms with Crippen molar-refractivity contribution in [3.8, 4) is 45.3 Å². The highest BCUT2D eigenvalue weighted by Crippen LogP contribution is 2.33. The van der Waals surface area contributed by atoms with Crippen molar-refractivity contribution in [1.29, 1.82) is 0 Å². The first-order valence-corrected chi connectivity index (χ1v) is 25.5. The molecule has 2 fully saturated rings. The van der Waals surface area contributed by atoms with Gasteiger partial charge in [-0.25, -0.2) is 23.7 Å². The van der Waals surface area contributed by atoms with Gasteiger partial charge in [-0.3, -0.25) is 29.4 Å². The summed E-state index contributed by atoms with van der Waals surface area (Å²) in [5, 5.41) is 13.9. The molecule has 0 spiro atoms. The van der Waals surface area contributed by atoms with E-state index in [1.807, 2.05) is 73.3 Å². The van der Waals surface area contributed by atoms with Crippen LogP contribution in [0.3, 0.4) is 0 Å². The minimum absolute atomic E-state index is 0.0676. The number of ether oxygens (including phenoxy) is 2. The molecule has 0 saturated carbocycles. The Morgan fingerprint density at radius 3 is 1.70 bits per heavy atom. The summed E-state index contributed by atoms with van der Waals surface area (Å²) in [6, 6.07) is 34.8. The Bertz CT molecular complexity index is 3640. The molecule has 2 saturated heterocycles. The summed E-state index contributed by atoms with van der Waals surface area (Å²) in [5.41, 5.74) is 13.1. The number of amides is 2. The number of halogens is 2. The van der Waals surface area contributed by atoms with Crippen LogP contribution in [0.15, 0.2) is 164 Å². The number of nitrogens with zero attached hydrogens (tertiary/aromatic N) is 9. The fraction of sp³-hybridized carbons (Fsp3) is 0.172. The van der Waals surface area contributed by atoms with E-state index in [9.17, 15) is 18.4 Å². The molecule has 5 aromatic heterocycles. The summed E-state index contributed by atoms with van der Waals surface area (Å²) < 4.78 is 41.7. The van der Waals surface area contributed by atoms with Gasteiger partial charge < -0.3 is 41.0 Å². The second-order valence-corrected chi connectivity index (χ2v) is 18.3. The third-order valence-electron chi connectivity index (χ3n) is 12.6. The minimum Gasteiger partial charge on any atom is -0.457 e. The molecule has 6 N–H and O–H groups in total. The number of rotatable bonds is 16. The molecule has 21 heteroatoms. The van der Waals surface area contributed by atoms with Gasteiger partial charge in [0.15, 0.2) is 0 Å². The van der Waals surface area contributed by atoms with E-state index in [1.165, 1.54) is 12.1 Å². The molecule has 0 aliphatic carbocycles. The number of nitrogens with one attached hydrogen (secondary N) is 4. The standard InChI is InChI=1S/C29H26FN7O2.C17H21N5O2.C12H7FN2S/c1-36-26-6-4-21(39-22-9-12-32-27(17-22)35-28(38)18-37-13-2-14-37)16-25(26)34-29(36)33-24-15-20(3-5-23(24)30)19-7-10-31-11-8-19;1-19-15-4-3-12(9-14(15)18)24-13-5-6-20-16(10-13)21-17(23)11-22-7-2-8-22;13-11-2-1-10(7-12(11)15-8-16)9-3-5-14-6-4-9/h3-12,15-17H,2,13-14,18H2,1H3,(H,33,34)(H,32,35,38);3-6,9-10,19H,2,7-8,11,18H2,1H3,(H,20,21,23);1-7H. The lowest BCUT2D eigenvalue weighted by Gasteiger charge is -2.29. The second kappa shape index (κ2) is 26.0. The SMILES string of the molecule is CNc1ccc(Oc2ccnc(NC(=O)CN3CCC3)c2)cc1N.Cn1c(Nc2cc(-c3ccncc3)ccc2F)nc2cc(Oc3ccnc(NC(=O)CN4CCC4)c3)ccc21.Fc1ccc(-c2ccncc2)cc1N=C=S. The monoisotopic (exact) mass is 1080 g/mol. The number of aliphatic imine (C=N–C) groups is 1. The van der Waals surface area contributed by atoms with Gasteiger partial charge in [-0.2, -0.15) is 4.99 Å². The van der Waals surface area contributed by atoms with Crippen molar-refractivity contribution in [2.45, 2.75) is 12.8 Å². The smallest absolute Gasteiger partial charge is 0.239 e. The van der Waals surface area contributed by atoms with Gasteiger partial charge in [0.05, 0.1) is 46.3 Å². The summed E-state index contributed by atoms with van der Waals surface area (Å²) in [5.74, 6) is 2.75. The number of carbonyl (C=O) groups excluding carboxylic acids is 2. The number of thiocarbonyl (C=S) groups is 1. The van der Waals surface area contributed by atoms with Crippen molar-refractivity contribution in [1.82, 2.24) is 39.3 Å². The van der Waals surface area contributed by atoms with Gasteiger partial charge in [0, 0.05) is 75.5 Å². The Kier molecular flexibility index (Phi) is 17.9. The Hall–Kier alpha value is -9.53. The third-order valence-corrected chi connectivity index (χ3v) is 12.7. The van der Waals surface area contributed by atoms with Crippen LogP contribution < -0.4 is 36.5 Å². The summed E-state index contributed by atoms with van der Waals surface area (Å²) in [6.07, 6.45) is 12.2. The lowest BCUT2D eigenvalue weighted by Crippen LogP contribution is -2.42. The van der Waals surface area contributed by atoms with E-state index in [0.717, 1.165) is 72.5 Å². The number of nitrogens with two attached hydrogens (primary N) is 1. The van der Waals surface area contributed by atoms with E-state index in [0.29, 0.717) is 70.6 Å². The van der Waals surface area contributed by atoms with Gasteiger partial charge in [0.25, 0.3) is 0 Å². The average molecular weight is 1080 g/mol. The molecule has 7 heterocycles. The van der Waals surface area contributed by atoms with Gasteiger partial charge >= 0.3 is 0 Å². The number of likely N-dealkylation sites (tertiary alicyclic amines) is 2. The first kappa shape index (κ1) is 54.3. The summed E-state index contributed by atoms with van der Waals surface area (Å²) in [6.45, 7) is 4.61. The van der Waals surface area contributed by atoms with E-state index in [4.69, 9.17) is 15.2 Å². The number of pyridine rings is 4. The van der Waals surface area contributed by atoms with E-state index in [2.05, 4.69) is 78.4 Å². The van der Waals surface area contributed by atoms with Gasteiger partial charge in [0.1, 0.15) is 52.0 Å². The Balaban J connectivity index is 0.000000160. The predicted molar refractivity (Wildman–Crippen MR) is 306 cm³/mol. The lowest BCUT2D eigenvalue weighted by molar-refractivity contribution is -0.118. The summed E-state index contributed by atoms with van der Waals surface area (Å²) >= 11 is 4.46. The van der Waals surface area contributed by atoms with Crippen LogP contribution in [-0.4, -0.2) is 103 Å². The van der Waals surface area contributed by atoms with Crippen molar-refractivity contribution in [3.05, 3.63) is 170 Å². The first-order chi connectivity index (χ1) is 38.5. The third kappa shape index (κ3) is 14.7. The Labute approximate surface area is 459 Å². The summed E-state index contributed by atoms with van der Waals surface area (Å²) in [7, 11) is 3.67. The molecule has 2 amide bonds. The minimum atomic E-state index is -0.407. The molecule has 0 radical (unpaired) electrons. The number of imidazole rings is 1. The van der Waals surface area contributed by atoms with Crippen LogP contribution in [-0.2, 0) is 16.6 Å². The molecule has 0 atom stereocenters. The number of hydrogen-bond acceptors (Lipinski definition) is 16. The summed E-state index contributed by atoms with van der Waals surface area (Å²) in [4.78, 5) is 53.0. The zero-order valence-corrected chi connectivity index (χ0v) is 43.9. The number of anilines is 6. The molecule has 2 aliphatic rings. The van der Waals surface area contributed by atoms with Crippen molar-refractivity contribution in [2.24, 2.45) is 12.0 Å². The van der Waals surface area contributed by atoms with Crippen molar-refractivity contribution >= 4 is 80.6 Å². The molecule has 9 aromatic rings. The van der Waals surface area contributed by atoms with Gasteiger partial charge in [-0.15, -0.1) is 0 Å². The lowest BCUT2D eigenvalue weighted by atomic mass is 10.1. The normalized spacial score (nSPS) is 12.7. The van der Waals surface area contributed by atoms with Crippen LogP contribution in [0.4, 0.5) is 49.1 Å². The number of hydrogen-bond donors (Lipinski definition) is 5. The Morgan fingerprint density at radius 2 is 1.16 bits per heavy atom. The van der Waals surface area contributed by atoms with Crippen LogP contribution >= 0.6 is 12.2 Å². The molecule has 2 aliphatic heterocycles. The van der Waals surface area contributed by atoms with E-state index >= 15 is 0 Å². The maximum absolute atomic E-state index is 14.7. The van der Waals surface area contributed by atoms with E-state index in [1.54, 1.807) is 91.8 Å². The fourth-order valence-corrected chi connectivity index (χ4v) is 8.33. The fourth-order valence-electron chi connectivity index (χ4n) is 8.23. The number of fused-ring (bicyclic) bond motifs is 1. The number of nitrogen functional groups attached to an aromatic ring is 1. The maximum atomic E-state index is 14.7. The van der Waals surface area contributed by atoms with E-state index < -0.39 is 5.82 Å². The molecular weight excluding hydrogens is 1030 g/mol.